The molecule has 54 heavy (non-hydrogen) atoms. The molecule has 0 aliphatic rings. The molecule has 1 aromatic heterocycles. The maximum Gasteiger partial charge on any atom is 0.0541 e. The molecule has 0 unspecified atom stereocenters. The van der Waals surface area contributed by atoms with Crippen molar-refractivity contribution in [1.82, 2.24) is 4.57 Å². The van der Waals surface area contributed by atoms with Gasteiger partial charge in [0.15, 0.2) is 0 Å². The maximum absolute atomic E-state index is 2.43. The molecule has 2 nitrogen and oxygen atoms in total. The summed E-state index contributed by atoms with van der Waals surface area (Å²) in [4.78, 5) is 2.33. The van der Waals surface area contributed by atoms with E-state index in [4.69, 9.17) is 0 Å². The summed E-state index contributed by atoms with van der Waals surface area (Å²) >= 11 is 0. The van der Waals surface area contributed by atoms with Crippen LogP contribution in [0.2, 0.25) is 0 Å². The van der Waals surface area contributed by atoms with E-state index in [-0.39, 0.29) is 0 Å². The number of aromatic nitrogens is 1. The van der Waals surface area contributed by atoms with E-state index < -0.39 is 0 Å². The van der Waals surface area contributed by atoms with Crippen molar-refractivity contribution in [3.63, 3.8) is 0 Å². The lowest BCUT2D eigenvalue weighted by Gasteiger charge is -2.26. The molecule has 0 fully saturated rings. The zero-order valence-corrected chi connectivity index (χ0v) is 31.2. The fourth-order valence-corrected chi connectivity index (χ4v) is 8.19. The van der Waals surface area contributed by atoms with E-state index >= 15 is 0 Å². The molecular weight excluding hydrogens is 653 g/mol. The first kappa shape index (κ1) is 33.2. The zero-order valence-electron chi connectivity index (χ0n) is 31.2. The summed E-state index contributed by atoms with van der Waals surface area (Å²) in [6.07, 6.45) is 0. The van der Waals surface area contributed by atoms with Crippen molar-refractivity contribution in [3.8, 4) is 39.1 Å². The van der Waals surface area contributed by atoms with Gasteiger partial charge in [0.25, 0.3) is 0 Å². The summed E-state index contributed by atoms with van der Waals surface area (Å²) in [5, 5.41) is 2.57. The molecule has 0 saturated heterocycles. The second kappa shape index (κ2) is 13.7. The molecule has 0 aliphatic heterocycles. The number of benzene rings is 8. The van der Waals surface area contributed by atoms with E-state index in [0.29, 0.717) is 0 Å². The number of anilines is 3. The van der Waals surface area contributed by atoms with E-state index in [2.05, 4.69) is 219 Å². The Hall–Kier alpha value is -6.64. The first-order valence-corrected chi connectivity index (χ1v) is 18.8. The molecule has 9 aromatic rings. The average molecular weight is 695 g/mol. The van der Waals surface area contributed by atoms with Crippen LogP contribution in [-0.2, 0) is 0 Å². The number of rotatable bonds is 7. The highest BCUT2D eigenvalue weighted by Gasteiger charge is 2.18. The van der Waals surface area contributed by atoms with Gasteiger partial charge in [0.2, 0.25) is 0 Å². The van der Waals surface area contributed by atoms with Crippen molar-refractivity contribution >= 4 is 38.9 Å². The van der Waals surface area contributed by atoms with Crippen LogP contribution >= 0.6 is 0 Å². The van der Waals surface area contributed by atoms with E-state index in [0.717, 1.165) is 17.1 Å². The Labute approximate surface area is 318 Å². The van der Waals surface area contributed by atoms with Crippen molar-refractivity contribution in [2.24, 2.45) is 0 Å². The van der Waals surface area contributed by atoms with E-state index in [1.54, 1.807) is 0 Å². The minimum Gasteiger partial charge on any atom is -0.311 e. The summed E-state index contributed by atoms with van der Waals surface area (Å²) < 4.78 is 2.43. The van der Waals surface area contributed by atoms with Gasteiger partial charge in [0.1, 0.15) is 0 Å². The molecule has 0 N–H and O–H groups in total. The number of para-hydroxylation sites is 3. The summed E-state index contributed by atoms with van der Waals surface area (Å²) in [5.74, 6) is 0. The fraction of sp³-hybridized carbons (Fsp3) is 0.0769. The number of hydrogen-bond acceptors (Lipinski definition) is 1. The Balaban J connectivity index is 1.05. The van der Waals surface area contributed by atoms with Crippen LogP contribution in [0.3, 0.4) is 0 Å². The van der Waals surface area contributed by atoms with E-state index in [9.17, 15) is 0 Å². The third-order valence-electron chi connectivity index (χ3n) is 11.1. The SMILES string of the molecule is Cc1cc(-c2ccc(-n3c4ccccc4c4ccccc43)c(C)c2C)c(C)cc1-c1ccc(N(c2ccccc2)c2ccc(-c3ccccc3)cc2)cc1. The lowest BCUT2D eigenvalue weighted by molar-refractivity contribution is 1.13. The zero-order chi connectivity index (χ0) is 36.8. The first-order chi connectivity index (χ1) is 26.5. The quantitative estimate of drug-likeness (QED) is 0.161. The monoisotopic (exact) mass is 694 g/mol. The van der Waals surface area contributed by atoms with Gasteiger partial charge < -0.3 is 9.47 Å². The molecule has 0 spiro atoms. The molecule has 0 radical (unpaired) electrons. The molecular formula is C52H42N2. The number of hydrogen-bond donors (Lipinski definition) is 0. The second-order valence-electron chi connectivity index (χ2n) is 14.4. The largest absolute Gasteiger partial charge is 0.311 e. The Morgan fingerprint density at radius 1 is 0.352 bits per heavy atom. The fourth-order valence-electron chi connectivity index (χ4n) is 8.19. The number of fused-ring (bicyclic) bond motifs is 3. The Bertz CT molecular complexity index is 2720. The molecule has 2 heteroatoms. The number of nitrogens with zero attached hydrogens (tertiary/aromatic N) is 2. The highest BCUT2D eigenvalue weighted by molar-refractivity contribution is 6.09. The smallest absolute Gasteiger partial charge is 0.0541 e. The van der Waals surface area contributed by atoms with Gasteiger partial charge in [-0.3, -0.25) is 0 Å². The minimum absolute atomic E-state index is 1.12. The second-order valence-corrected chi connectivity index (χ2v) is 14.4. The van der Waals surface area contributed by atoms with Crippen molar-refractivity contribution in [2.45, 2.75) is 27.7 Å². The third kappa shape index (κ3) is 5.77. The van der Waals surface area contributed by atoms with Crippen LogP contribution in [0.1, 0.15) is 22.3 Å². The lowest BCUT2D eigenvalue weighted by atomic mass is 9.88. The predicted octanol–water partition coefficient (Wildman–Crippen LogP) is 14.5. The first-order valence-electron chi connectivity index (χ1n) is 18.8. The van der Waals surface area contributed by atoms with Crippen molar-refractivity contribution < 1.29 is 0 Å². The predicted molar refractivity (Wildman–Crippen MR) is 231 cm³/mol. The third-order valence-corrected chi connectivity index (χ3v) is 11.1. The Kier molecular flexibility index (Phi) is 8.44. The van der Waals surface area contributed by atoms with Crippen LogP contribution in [0, 0.1) is 27.7 Å². The molecule has 9 rings (SSSR count). The molecule has 1 heterocycles. The maximum atomic E-state index is 2.43. The van der Waals surface area contributed by atoms with Gasteiger partial charge >= 0.3 is 0 Å². The van der Waals surface area contributed by atoms with Crippen LogP contribution in [0.4, 0.5) is 17.1 Å². The van der Waals surface area contributed by atoms with Gasteiger partial charge in [0, 0.05) is 33.5 Å². The van der Waals surface area contributed by atoms with Crippen LogP contribution in [0.25, 0.3) is 60.9 Å². The van der Waals surface area contributed by atoms with Crippen LogP contribution in [0.15, 0.2) is 182 Å². The summed E-state index contributed by atoms with van der Waals surface area (Å²) in [6, 6.07) is 65.9. The highest BCUT2D eigenvalue weighted by Crippen LogP contribution is 2.40. The molecule has 8 aromatic carbocycles. The number of aryl methyl sites for hydroxylation is 2. The molecule has 260 valence electrons. The van der Waals surface area contributed by atoms with E-state index in [1.807, 2.05) is 0 Å². The van der Waals surface area contributed by atoms with E-state index in [1.165, 1.54) is 83.1 Å². The molecule has 0 bridgehead atoms. The van der Waals surface area contributed by atoms with Gasteiger partial charge in [-0.05, 0) is 138 Å². The Morgan fingerprint density at radius 3 is 1.43 bits per heavy atom. The Morgan fingerprint density at radius 2 is 0.815 bits per heavy atom. The molecule has 0 aliphatic carbocycles. The van der Waals surface area contributed by atoms with Crippen LogP contribution < -0.4 is 4.90 Å². The van der Waals surface area contributed by atoms with Crippen molar-refractivity contribution in [1.29, 1.82) is 0 Å². The summed E-state index contributed by atoms with van der Waals surface area (Å²) in [6.45, 7) is 9.04. The minimum atomic E-state index is 1.12. The summed E-state index contributed by atoms with van der Waals surface area (Å²) in [7, 11) is 0. The molecule has 0 saturated carbocycles. The van der Waals surface area contributed by atoms with Crippen LogP contribution in [0.5, 0.6) is 0 Å². The van der Waals surface area contributed by atoms with Crippen molar-refractivity contribution in [3.05, 3.63) is 204 Å². The molecule has 0 atom stereocenters. The topological polar surface area (TPSA) is 8.17 Å². The molecule has 0 amide bonds. The van der Waals surface area contributed by atoms with Gasteiger partial charge in [-0.1, -0.05) is 127 Å². The van der Waals surface area contributed by atoms with Gasteiger partial charge in [-0.25, -0.2) is 0 Å². The lowest BCUT2D eigenvalue weighted by Crippen LogP contribution is -2.09. The normalized spacial score (nSPS) is 11.3. The highest BCUT2D eigenvalue weighted by atomic mass is 15.1. The standard InChI is InChI=1S/C52H42N2/c1-35-34-49(45-31-32-50(38(4)37(45)3)54-51-21-13-11-19-46(51)47-20-12-14-22-52(47)54)36(2)33-48(35)41-25-29-44(30-26-41)53(42-17-9-6-10-18-42)43-27-23-40(24-28-43)39-15-7-5-8-16-39/h5-34H,1-4H3. The van der Waals surface area contributed by atoms with Crippen molar-refractivity contribution in [2.75, 3.05) is 4.90 Å². The van der Waals surface area contributed by atoms with Crippen LogP contribution in [-0.4, -0.2) is 4.57 Å². The summed E-state index contributed by atoms with van der Waals surface area (Å²) in [5.41, 5.74) is 19.7. The van der Waals surface area contributed by atoms with Gasteiger partial charge in [-0.15, -0.1) is 0 Å². The van der Waals surface area contributed by atoms with Gasteiger partial charge in [-0.2, -0.15) is 0 Å². The van der Waals surface area contributed by atoms with Gasteiger partial charge in [0.05, 0.1) is 11.0 Å². The average Bonchev–Trinajstić information content (AvgIpc) is 3.55.